The summed E-state index contributed by atoms with van der Waals surface area (Å²) in [6, 6.07) is 9.83. The van der Waals surface area contributed by atoms with Gasteiger partial charge >= 0.3 is 0 Å². The van der Waals surface area contributed by atoms with Crippen LogP contribution in [-0.4, -0.2) is 29.4 Å². The lowest BCUT2D eigenvalue weighted by atomic mass is 9.93. The summed E-state index contributed by atoms with van der Waals surface area (Å²) >= 11 is 0. The van der Waals surface area contributed by atoms with E-state index >= 15 is 0 Å². The molecule has 1 heterocycles. The minimum atomic E-state index is -0.260. The molecule has 1 saturated heterocycles. The van der Waals surface area contributed by atoms with Gasteiger partial charge in [-0.3, -0.25) is 4.79 Å². The van der Waals surface area contributed by atoms with Crippen LogP contribution in [0.25, 0.3) is 0 Å². The number of carbonyl (C=O) groups is 1. The molecule has 19 heavy (non-hydrogen) atoms. The molecule has 5 nitrogen and oxygen atoms in total. The van der Waals surface area contributed by atoms with E-state index < -0.39 is 0 Å². The zero-order valence-corrected chi connectivity index (χ0v) is 11.1. The second-order valence-electron chi connectivity index (χ2n) is 4.98. The fourth-order valence-corrected chi connectivity index (χ4v) is 2.36. The number of piperidine rings is 1. The monoisotopic (exact) mass is 260 g/mol. The average Bonchev–Trinajstić information content (AvgIpc) is 2.40. The summed E-state index contributed by atoms with van der Waals surface area (Å²) in [6.07, 6.45) is 1.73. The molecule has 1 aliphatic rings. The molecule has 0 aliphatic carbocycles. The highest BCUT2D eigenvalue weighted by molar-refractivity contribution is 5.83. The fraction of sp³-hybridized carbons (Fsp3) is 0.429. The summed E-state index contributed by atoms with van der Waals surface area (Å²) in [5.41, 5.74) is 12.3. The lowest BCUT2D eigenvalue weighted by molar-refractivity contribution is -0.123. The predicted octanol–water partition coefficient (Wildman–Crippen LogP) is 1.22. The van der Waals surface area contributed by atoms with Crippen LogP contribution >= 0.6 is 0 Å². The standard InChI is InChI=1S/C14H20N4O/c1-10-7-8-11(13(15)19)9-18(10)14(16)17-12-5-3-2-4-6-12/h2-6,10-11H,7-9H2,1H3,(H2,15,19)(H2,16,17). The molecular weight excluding hydrogens is 240 g/mol. The van der Waals surface area contributed by atoms with Crippen LogP contribution in [0.2, 0.25) is 0 Å². The Morgan fingerprint density at radius 1 is 1.26 bits per heavy atom. The van der Waals surface area contributed by atoms with Crippen molar-refractivity contribution in [2.45, 2.75) is 25.8 Å². The molecule has 1 fully saturated rings. The van der Waals surface area contributed by atoms with E-state index in [4.69, 9.17) is 11.5 Å². The number of aliphatic imine (C=N–C) groups is 1. The summed E-state index contributed by atoms with van der Waals surface area (Å²) in [5, 5.41) is 0. The SMILES string of the molecule is CC1CCC(C(N)=O)CN1C(N)=Nc1ccccc1. The van der Waals surface area contributed by atoms with E-state index in [0.717, 1.165) is 18.5 Å². The van der Waals surface area contributed by atoms with Gasteiger partial charge in [0.25, 0.3) is 0 Å². The normalized spacial score (nSPS) is 24.3. The van der Waals surface area contributed by atoms with Gasteiger partial charge in [0.2, 0.25) is 5.91 Å². The number of para-hydroxylation sites is 1. The number of benzene rings is 1. The molecule has 0 bridgehead atoms. The predicted molar refractivity (Wildman–Crippen MR) is 75.8 cm³/mol. The van der Waals surface area contributed by atoms with Crippen molar-refractivity contribution in [1.29, 1.82) is 0 Å². The van der Waals surface area contributed by atoms with E-state index in [2.05, 4.69) is 11.9 Å². The molecular formula is C14H20N4O. The number of likely N-dealkylation sites (tertiary alicyclic amines) is 1. The Morgan fingerprint density at radius 2 is 1.95 bits per heavy atom. The van der Waals surface area contributed by atoms with Crippen molar-refractivity contribution in [2.24, 2.45) is 22.4 Å². The van der Waals surface area contributed by atoms with E-state index in [1.165, 1.54) is 0 Å². The molecule has 5 heteroatoms. The van der Waals surface area contributed by atoms with Crippen molar-refractivity contribution in [1.82, 2.24) is 4.90 Å². The number of amides is 1. The highest BCUT2D eigenvalue weighted by Crippen LogP contribution is 2.22. The zero-order chi connectivity index (χ0) is 13.8. The lowest BCUT2D eigenvalue weighted by Gasteiger charge is -2.37. The number of primary amides is 1. The maximum absolute atomic E-state index is 11.3. The number of hydrogen-bond donors (Lipinski definition) is 2. The van der Waals surface area contributed by atoms with Crippen LogP contribution in [0, 0.1) is 5.92 Å². The van der Waals surface area contributed by atoms with Crippen LogP contribution in [0.3, 0.4) is 0 Å². The van der Waals surface area contributed by atoms with Gasteiger partial charge in [-0.1, -0.05) is 18.2 Å². The Labute approximate surface area is 113 Å². The summed E-state index contributed by atoms with van der Waals surface area (Å²) in [4.78, 5) is 17.7. The zero-order valence-electron chi connectivity index (χ0n) is 11.1. The van der Waals surface area contributed by atoms with Gasteiger partial charge in [-0.05, 0) is 31.9 Å². The Balaban J connectivity index is 2.14. The van der Waals surface area contributed by atoms with Crippen molar-refractivity contribution in [3.8, 4) is 0 Å². The smallest absolute Gasteiger partial charge is 0.222 e. The van der Waals surface area contributed by atoms with Crippen molar-refractivity contribution >= 4 is 17.6 Å². The third-order valence-electron chi connectivity index (χ3n) is 3.58. The minimum Gasteiger partial charge on any atom is -0.369 e. The number of hydrogen-bond acceptors (Lipinski definition) is 2. The van der Waals surface area contributed by atoms with Gasteiger partial charge in [0, 0.05) is 12.6 Å². The average molecular weight is 260 g/mol. The number of nitrogens with zero attached hydrogens (tertiary/aromatic N) is 2. The van der Waals surface area contributed by atoms with Gasteiger partial charge < -0.3 is 16.4 Å². The molecule has 2 unspecified atom stereocenters. The van der Waals surface area contributed by atoms with E-state index in [1.807, 2.05) is 35.2 Å². The number of nitrogens with two attached hydrogens (primary N) is 2. The van der Waals surface area contributed by atoms with Crippen molar-refractivity contribution in [2.75, 3.05) is 6.54 Å². The second-order valence-corrected chi connectivity index (χ2v) is 4.98. The highest BCUT2D eigenvalue weighted by atomic mass is 16.1. The highest BCUT2D eigenvalue weighted by Gasteiger charge is 2.29. The summed E-state index contributed by atoms with van der Waals surface area (Å²) in [7, 11) is 0. The van der Waals surface area contributed by atoms with Gasteiger partial charge in [0.1, 0.15) is 0 Å². The van der Waals surface area contributed by atoms with E-state index in [9.17, 15) is 4.79 Å². The van der Waals surface area contributed by atoms with Gasteiger partial charge in [0.05, 0.1) is 11.6 Å². The Kier molecular flexibility index (Phi) is 4.04. The Bertz CT molecular complexity index is 472. The molecule has 102 valence electrons. The molecule has 2 atom stereocenters. The third kappa shape index (κ3) is 3.24. The molecule has 0 spiro atoms. The Hall–Kier alpha value is -2.04. The summed E-state index contributed by atoms with van der Waals surface area (Å²) < 4.78 is 0. The Morgan fingerprint density at radius 3 is 2.58 bits per heavy atom. The van der Waals surface area contributed by atoms with Crippen LogP contribution in [-0.2, 0) is 4.79 Å². The van der Waals surface area contributed by atoms with Crippen molar-refractivity contribution < 1.29 is 4.79 Å². The van der Waals surface area contributed by atoms with Gasteiger partial charge in [-0.15, -0.1) is 0 Å². The minimum absolute atomic E-state index is 0.138. The fourth-order valence-electron chi connectivity index (χ4n) is 2.36. The first-order valence-electron chi connectivity index (χ1n) is 6.53. The number of guanidine groups is 1. The van der Waals surface area contributed by atoms with Crippen LogP contribution < -0.4 is 11.5 Å². The topological polar surface area (TPSA) is 84.7 Å². The van der Waals surface area contributed by atoms with E-state index in [-0.39, 0.29) is 17.9 Å². The third-order valence-corrected chi connectivity index (χ3v) is 3.58. The molecule has 0 aromatic heterocycles. The second kappa shape index (κ2) is 5.73. The molecule has 1 aromatic rings. The molecule has 2 rings (SSSR count). The van der Waals surface area contributed by atoms with Crippen molar-refractivity contribution in [3.05, 3.63) is 30.3 Å². The molecule has 1 amide bonds. The first-order valence-corrected chi connectivity index (χ1v) is 6.53. The molecule has 1 aliphatic heterocycles. The molecule has 0 radical (unpaired) electrons. The lowest BCUT2D eigenvalue weighted by Crippen LogP contribution is -2.51. The number of rotatable bonds is 2. The first kappa shape index (κ1) is 13.4. The van der Waals surface area contributed by atoms with Crippen LogP contribution in [0.15, 0.2) is 35.3 Å². The molecule has 0 saturated carbocycles. The van der Waals surface area contributed by atoms with Crippen molar-refractivity contribution in [3.63, 3.8) is 0 Å². The summed E-state index contributed by atoms with van der Waals surface area (Å²) in [5.74, 6) is 0.0507. The van der Waals surface area contributed by atoms with E-state index in [1.54, 1.807) is 0 Å². The maximum Gasteiger partial charge on any atom is 0.222 e. The van der Waals surface area contributed by atoms with E-state index in [0.29, 0.717) is 12.5 Å². The molecule has 1 aromatic carbocycles. The maximum atomic E-state index is 11.3. The van der Waals surface area contributed by atoms with Gasteiger partial charge in [-0.2, -0.15) is 0 Å². The van der Waals surface area contributed by atoms with Gasteiger partial charge in [-0.25, -0.2) is 4.99 Å². The molecule has 4 N–H and O–H groups in total. The summed E-state index contributed by atoms with van der Waals surface area (Å²) in [6.45, 7) is 2.64. The first-order chi connectivity index (χ1) is 9.08. The van der Waals surface area contributed by atoms with Crippen LogP contribution in [0.4, 0.5) is 5.69 Å². The largest absolute Gasteiger partial charge is 0.369 e. The van der Waals surface area contributed by atoms with Gasteiger partial charge in [0.15, 0.2) is 5.96 Å². The van der Waals surface area contributed by atoms with Crippen LogP contribution in [0.5, 0.6) is 0 Å². The quantitative estimate of drug-likeness (QED) is 0.619. The number of carbonyl (C=O) groups excluding carboxylic acids is 1. The van der Waals surface area contributed by atoms with Crippen LogP contribution in [0.1, 0.15) is 19.8 Å².